The molecular weight excluding hydrogens is 371 g/mol. The van der Waals surface area contributed by atoms with Gasteiger partial charge in [0, 0.05) is 28.6 Å². The van der Waals surface area contributed by atoms with Crippen molar-refractivity contribution in [3.63, 3.8) is 0 Å². The molecule has 0 amide bonds. The summed E-state index contributed by atoms with van der Waals surface area (Å²) in [5.41, 5.74) is 4.80. The molecule has 0 unspecified atom stereocenters. The zero-order valence-electron chi connectivity index (χ0n) is 14.9. The minimum absolute atomic E-state index is 0.255. The zero-order chi connectivity index (χ0) is 19.1. The number of rotatable bonds is 3. The lowest BCUT2D eigenvalue weighted by Crippen LogP contribution is -1.97. The van der Waals surface area contributed by atoms with Gasteiger partial charge in [0.2, 0.25) is 0 Å². The second-order valence-electron chi connectivity index (χ2n) is 6.82. The summed E-state index contributed by atoms with van der Waals surface area (Å²) in [5, 5.41) is 2.94. The molecule has 2 nitrogen and oxygen atoms in total. The maximum Gasteiger partial charge on any atom is 0.145 e. The normalized spacial score (nSPS) is 11.4. The predicted molar refractivity (Wildman–Crippen MR) is 112 cm³/mol. The van der Waals surface area contributed by atoms with Gasteiger partial charge >= 0.3 is 0 Å². The zero-order valence-corrected chi connectivity index (χ0v) is 15.7. The molecular formula is C24H16ClFN2. The van der Waals surface area contributed by atoms with E-state index in [0.717, 1.165) is 38.9 Å². The predicted octanol–water partition coefficient (Wildman–Crippen LogP) is 6.54. The van der Waals surface area contributed by atoms with E-state index in [0.29, 0.717) is 11.4 Å². The highest BCUT2D eigenvalue weighted by molar-refractivity contribution is 6.30. The number of hydrogen-bond donors (Lipinski definition) is 0. The summed E-state index contributed by atoms with van der Waals surface area (Å²) >= 11 is 6.19. The number of hydrogen-bond acceptors (Lipinski definition) is 1. The van der Waals surface area contributed by atoms with Crippen molar-refractivity contribution < 1.29 is 4.39 Å². The largest absolute Gasteiger partial charge is 0.303 e. The standard InChI is InChI=1S/C24H16ClFN2/c25-19-6-3-4-16(14-19)15-22-23(18-8-10-20(26)11-9-18)27-24-21-7-2-1-5-17(21)12-13-28(22)24/h1-14H,15H2. The van der Waals surface area contributed by atoms with Gasteiger partial charge in [-0.25, -0.2) is 9.37 Å². The fraction of sp³-hybridized carbons (Fsp3) is 0.0417. The molecule has 0 radical (unpaired) electrons. The molecule has 0 saturated heterocycles. The second kappa shape index (κ2) is 6.77. The molecule has 28 heavy (non-hydrogen) atoms. The van der Waals surface area contributed by atoms with Crippen LogP contribution >= 0.6 is 11.6 Å². The third-order valence-corrected chi connectivity index (χ3v) is 5.23. The molecule has 3 aromatic carbocycles. The number of pyridine rings is 1. The van der Waals surface area contributed by atoms with E-state index in [1.807, 2.05) is 30.3 Å². The molecule has 2 heterocycles. The first-order valence-corrected chi connectivity index (χ1v) is 9.46. The summed E-state index contributed by atoms with van der Waals surface area (Å²) in [5.74, 6) is -0.255. The molecule has 5 rings (SSSR count). The Morgan fingerprint density at radius 1 is 0.893 bits per heavy atom. The second-order valence-corrected chi connectivity index (χ2v) is 7.25. The van der Waals surface area contributed by atoms with E-state index < -0.39 is 0 Å². The van der Waals surface area contributed by atoms with Crippen LogP contribution in [-0.4, -0.2) is 9.38 Å². The molecule has 0 spiro atoms. The fourth-order valence-corrected chi connectivity index (χ4v) is 3.88. The molecule has 0 fully saturated rings. The first kappa shape index (κ1) is 17.0. The van der Waals surface area contributed by atoms with Crippen LogP contribution in [0.15, 0.2) is 85.1 Å². The number of imidazole rings is 1. The van der Waals surface area contributed by atoms with Gasteiger partial charge < -0.3 is 4.40 Å². The number of benzene rings is 3. The molecule has 4 heteroatoms. The average molecular weight is 387 g/mol. The number of aromatic nitrogens is 2. The quantitative estimate of drug-likeness (QED) is 0.344. The van der Waals surface area contributed by atoms with Crippen LogP contribution in [0.2, 0.25) is 5.02 Å². The maximum absolute atomic E-state index is 13.5. The summed E-state index contributed by atoms with van der Waals surface area (Å²) in [6.45, 7) is 0. The Labute approximate surface area is 166 Å². The highest BCUT2D eigenvalue weighted by Crippen LogP contribution is 2.30. The molecule has 0 aliphatic rings. The van der Waals surface area contributed by atoms with Crippen molar-refractivity contribution in [3.8, 4) is 11.3 Å². The Kier molecular flexibility index (Phi) is 4.10. The van der Waals surface area contributed by atoms with Crippen LogP contribution in [-0.2, 0) is 6.42 Å². The summed E-state index contributed by atoms with van der Waals surface area (Å²) < 4.78 is 15.6. The third kappa shape index (κ3) is 2.94. The van der Waals surface area contributed by atoms with E-state index in [1.165, 1.54) is 12.1 Å². The van der Waals surface area contributed by atoms with Crippen molar-refractivity contribution in [3.05, 3.63) is 107 Å². The summed E-state index contributed by atoms with van der Waals surface area (Å²) in [4.78, 5) is 4.97. The van der Waals surface area contributed by atoms with E-state index in [2.05, 4.69) is 34.9 Å². The van der Waals surface area contributed by atoms with E-state index in [-0.39, 0.29) is 5.82 Å². The molecule has 0 aliphatic heterocycles. The van der Waals surface area contributed by atoms with Crippen LogP contribution in [0.4, 0.5) is 4.39 Å². The minimum atomic E-state index is -0.255. The summed E-state index contributed by atoms with van der Waals surface area (Å²) in [6.07, 6.45) is 2.73. The first-order chi connectivity index (χ1) is 13.7. The highest BCUT2D eigenvalue weighted by atomic mass is 35.5. The van der Waals surface area contributed by atoms with Gasteiger partial charge in [0.1, 0.15) is 11.5 Å². The lowest BCUT2D eigenvalue weighted by molar-refractivity contribution is 0.628. The smallest absolute Gasteiger partial charge is 0.145 e. The maximum atomic E-state index is 13.5. The fourth-order valence-electron chi connectivity index (χ4n) is 3.67. The lowest BCUT2D eigenvalue weighted by atomic mass is 10.0. The van der Waals surface area contributed by atoms with Gasteiger partial charge in [0.25, 0.3) is 0 Å². The molecule has 0 atom stereocenters. The van der Waals surface area contributed by atoms with Gasteiger partial charge in [-0.05, 0) is 53.4 Å². The monoisotopic (exact) mass is 386 g/mol. The molecule has 0 N–H and O–H groups in total. The van der Waals surface area contributed by atoms with Crippen LogP contribution in [0.1, 0.15) is 11.3 Å². The van der Waals surface area contributed by atoms with Gasteiger partial charge in [-0.3, -0.25) is 0 Å². The first-order valence-electron chi connectivity index (χ1n) is 9.08. The molecule has 0 saturated carbocycles. The van der Waals surface area contributed by atoms with E-state index >= 15 is 0 Å². The summed E-state index contributed by atoms with van der Waals surface area (Å²) in [6, 6.07) is 24.6. The Balaban J connectivity index is 1.78. The summed E-state index contributed by atoms with van der Waals surface area (Å²) in [7, 11) is 0. The van der Waals surface area contributed by atoms with Gasteiger partial charge in [0.05, 0.1) is 11.4 Å². The van der Waals surface area contributed by atoms with Crippen molar-refractivity contribution in [2.45, 2.75) is 6.42 Å². The number of nitrogens with zero attached hydrogens (tertiary/aromatic N) is 2. The highest BCUT2D eigenvalue weighted by Gasteiger charge is 2.16. The van der Waals surface area contributed by atoms with Crippen LogP contribution in [0.3, 0.4) is 0 Å². The molecule has 136 valence electrons. The topological polar surface area (TPSA) is 17.3 Å². The van der Waals surface area contributed by atoms with Crippen molar-refractivity contribution in [1.82, 2.24) is 9.38 Å². The van der Waals surface area contributed by atoms with Crippen LogP contribution in [0.5, 0.6) is 0 Å². The van der Waals surface area contributed by atoms with Crippen molar-refractivity contribution in [2.24, 2.45) is 0 Å². The van der Waals surface area contributed by atoms with Gasteiger partial charge in [-0.15, -0.1) is 0 Å². The van der Waals surface area contributed by atoms with E-state index in [1.54, 1.807) is 12.1 Å². The van der Waals surface area contributed by atoms with E-state index in [9.17, 15) is 4.39 Å². The Morgan fingerprint density at radius 3 is 2.54 bits per heavy atom. The van der Waals surface area contributed by atoms with Crippen molar-refractivity contribution >= 4 is 28.0 Å². The minimum Gasteiger partial charge on any atom is -0.303 e. The molecule has 2 aromatic heterocycles. The Bertz CT molecular complexity index is 1310. The average Bonchev–Trinajstić information content (AvgIpc) is 3.07. The number of fused-ring (bicyclic) bond motifs is 3. The molecule has 0 aliphatic carbocycles. The van der Waals surface area contributed by atoms with Crippen LogP contribution in [0.25, 0.3) is 27.7 Å². The van der Waals surface area contributed by atoms with Crippen molar-refractivity contribution in [2.75, 3.05) is 0 Å². The SMILES string of the molecule is Fc1ccc(-c2nc3c4ccccc4ccn3c2Cc2cccc(Cl)c2)cc1. The van der Waals surface area contributed by atoms with E-state index in [4.69, 9.17) is 16.6 Å². The molecule has 5 aromatic rings. The molecule has 0 bridgehead atoms. The van der Waals surface area contributed by atoms with Crippen LogP contribution in [0, 0.1) is 5.82 Å². The number of halogens is 2. The Hall–Kier alpha value is -3.17. The Morgan fingerprint density at radius 2 is 1.71 bits per heavy atom. The van der Waals surface area contributed by atoms with Crippen LogP contribution < -0.4 is 0 Å². The lowest BCUT2D eigenvalue weighted by Gasteiger charge is -2.07. The van der Waals surface area contributed by atoms with Crippen molar-refractivity contribution in [1.29, 1.82) is 0 Å². The van der Waals surface area contributed by atoms with Gasteiger partial charge in [-0.2, -0.15) is 0 Å². The van der Waals surface area contributed by atoms with Gasteiger partial charge in [0.15, 0.2) is 0 Å². The van der Waals surface area contributed by atoms with Gasteiger partial charge in [-0.1, -0.05) is 48.0 Å². The third-order valence-electron chi connectivity index (χ3n) is 4.99.